The van der Waals surface area contributed by atoms with E-state index in [4.69, 9.17) is 20.4 Å². The first kappa shape index (κ1) is 37.7. The fourth-order valence-corrected chi connectivity index (χ4v) is 6.28. The fraction of sp³-hybridized carbons (Fsp3) is 0.0833. The summed E-state index contributed by atoms with van der Waals surface area (Å²) in [5.41, 5.74) is 5.37. The van der Waals surface area contributed by atoms with Crippen molar-refractivity contribution in [1.29, 1.82) is 5.26 Å². The highest BCUT2D eigenvalue weighted by Crippen LogP contribution is 2.36. The van der Waals surface area contributed by atoms with Crippen LogP contribution in [0.5, 0.6) is 0 Å². The first-order valence-corrected chi connectivity index (χ1v) is 18.2. The Hall–Kier alpha value is -5.08. The number of hydrogen-bond donors (Lipinski definition) is 7. The Labute approximate surface area is 287 Å². The number of azo groups is 1. The van der Waals surface area contributed by atoms with E-state index in [0.29, 0.717) is 0 Å². The third-order valence-electron chi connectivity index (χ3n) is 5.85. The van der Waals surface area contributed by atoms with E-state index in [1.54, 1.807) is 6.19 Å². The van der Waals surface area contributed by atoms with Crippen LogP contribution in [0, 0.1) is 11.5 Å². The Balaban J connectivity index is 1.65. The van der Waals surface area contributed by atoms with Gasteiger partial charge in [-0.25, -0.2) is 13.7 Å². The highest BCUT2D eigenvalue weighted by Gasteiger charge is 2.20. The minimum atomic E-state index is -4.85. The minimum Gasteiger partial charge on any atom is -0.398 e. The van der Waals surface area contributed by atoms with Crippen LogP contribution in [0.25, 0.3) is 0 Å². The van der Waals surface area contributed by atoms with E-state index in [1.165, 1.54) is 36.4 Å². The number of nitrogens with one attached hydrogen (secondary N) is 3. The molecule has 0 fully saturated rings. The number of nitriles is 1. The summed E-state index contributed by atoms with van der Waals surface area (Å²) in [5.74, 6) is -1.26. The number of hydrogen-bond acceptors (Lipinski definition) is 21. The van der Waals surface area contributed by atoms with E-state index in [-0.39, 0.29) is 64.4 Å². The molecule has 0 aliphatic carbocycles. The van der Waals surface area contributed by atoms with Gasteiger partial charge in [-0.05, 0) is 54.6 Å². The Morgan fingerprint density at radius 1 is 0.860 bits per heavy atom. The lowest BCUT2D eigenvalue weighted by Gasteiger charge is -2.13. The quantitative estimate of drug-likeness (QED) is 0.00985. The van der Waals surface area contributed by atoms with Crippen molar-refractivity contribution in [2.75, 3.05) is 34.0 Å². The van der Waals surface area contributed by atoms with E-state index >= 15 is 0 Å². The Bertz CT molecular complexity index is 2270. The van der Waals surface area contributed by atoms with Gasteiger partial charge in [0.05, 0.1) is 39.2 Å². The molecule has 0 atom stereocenters. The lowest BCUT2D eigenvalue weighted by atomic mass is 10.2. The van der Waals surface area contributed by atoms with E-state index in [2.05, 4.69) is 50.5 Å². The average molecular weight is 771 g/mol. The van der Waals surface area contributed by atoms with Crippen molar-refractivity contribution >= 4 is 88.7 Å². The zero-order chi connectivity index (χ0) is 36.5. The van der Waals surface area contributed by atoms with Crippen LogP contribution in [0.3, 0.4) is 0 Å². The largest absolute Gasteiger partial charge is 0.398 e. The van der Waals surface area contributed by atoms with Crippen LogP contribution in [0.15, 0.2) is 85.6 Å². The van der Waals surface area contributed by atoms with Gasteiger partial charge in [0.1, 0.15) is 10.6 Å². The first-order chi connectivity index (χ1) is 23.6. The summed E-state index contributed by atoms with van der Waals surface area (Å²) in [4.78, 5) is 10.9. The summed E-state index contributed by atoms with van der Waals surface area (Å²) in [6, 6.07) is 12.0. The van der Waals surface area contributed by atoms with Crippen LogP contribution in [0.1, 0.15) is 0 Å². The standard InChI is InChI=1S/C24H22N10O12S4/c25-13-27-22-30-23(28-15-2-1-3-17(10-15)49(38,39)40)32-24(31-22)29-19-11-18(26)21(50(41,42)43)12-20(19)34-33-14-4-6-16(7-5-14)48(36,37)9-8-44-47-46-45-35/h1-7,10-12,35H,8-9,26H2,(H,38,39,40)(H,41,42,43)(H3,27,28,29,30,31,32). The maximum absolute atomic E-state index is 12.5. The van der Waals surface area contributed by atoms with Gasteiger partial charge in [-0.15, -0.1) is 9.45 Å². The average Bonchev–Trinajstić information content (AvgIpc) is 3.04. The van der Waals surface area contributed by atoms with E-state index in [9.17, 15) is 34.4 Å². The maximum Gasteiger partial charge on any atom is 0.296 e. The van der Waals surface area contributed by atoms with Gasteiger partial charge in [-0.2, -0.15) is 42.2 Å². The number of anilines is 6. The molecule has 3 aromatic carbocycles. The summed E-state index contributed by atoms with van der Waals surface area (Å²) in [6.45, 7) is -0.311. The molecule has 4 rings (SSSR count). The van der Waals surface area contributed by atoms with Gasteiger partial charge in [-0.3, -0.25) is 18.6 Å². The molecule has 0 saturated carbocycles. The number of nitrogens with zero attached hydrogens (tertiary/aromatic N) is 6. The number of sulfone groups is 1. The molecular weight excluding hydrogens is 749 g/mol. The molecule has 4 aromatic rings. The Kier molecular flexibility index (Phi) is 12.1. The van der Waals surface area contributed by atoms with Crippen LogP contribution >= 0.6 is 12.3 Å². The second-order valence-electron chi connectivity index (χ2n) is 9.22. The second kappa shape index (κ2) is 16.1. The van der Waals surface area contributed by atoms with Gasteiger partial charge in [0.2, 0.25) is 17.8 Å². The molecule has 0 amide bonds. The van der Waals surface area contributed by atoms with Crippen LogP contribution in [0.2, 0.25) is 0 Å². The molecule has 50 heavy (non-hydrogen) atoms. The SMILES string of the molecule is N#CNc1nc(Nc2cccc(S(=O)(=O)O)c2)nc(Nc2cc(N)c(S(=O)(=O)O)cc2N=Nc2ccc(S(=O)(=O)CCOSOOO)cc2)n1. The van der Waals surface area contributed by atoms with Gasteiger partial charge < -0.3 is 16.4 Å². The molecular formula is C24H22N10O12S4. The molecule has 1 aromatic heterocycles. The van der Waals surface area contributed by atoms with Crippen molar-refractivity contribution < 1.29 is 53.2 Å². The Morgan fingerprint density at radius 3 is 2.18 bits per heavy atom. The predicted octanol–water partition coefficient (Wildman–Crippen LogP) is 3.52. The normalized spacial score (nSPS) is 12.0. The number of rotatable bonds is 16. The van der Waals surface area contributed by atoms with Gasteiger partial charge in [-0.1, -0.05) is 11.1 Å². The molecule has 0 radical (unpaired) electrons. The molecule has 0 unspecified atom stereocenters. The number of nitrogen functional groups attached to an aromatic ring is 1. The minimum absolute atomic E-state index is 0.0697. The molecule has 1 heterocycles. The smallest absolute Gasteiger partial charge is 0.296 e. The second-order valence-corrected chi connectivity index (χ2v) is 14.7. The summed E-state index contributed by atoms with van der Waals surface area (Å²) < 4.78 is 99.9. The number of benzene rings is 3. The van der Waals surface area contributed by atoms with Crippen molar-refractivity contribution in [2.45, 2.75) is 14.7 Å². The molecule has 0 saturated heterocycles. The lowest BCUT2D eigenvalue weighted by Crippen LogP contribution is -2.10. The lowest BCUT2D eigenvalue weighted by molar-refractivity contribution is -0.434. The Morgan fingerprint density at radius 2 is 1.54 bits per heavy atom. The van der Waals surface area contributed by atoms with Gasteiger partial charge in [0, 0.05) is 5.69 Å². The summed E-state index contributed by atoms with van der Waals surface area (Å²) in [5, 5.41) is 36.1. The van der Waals surface area contributed by atoms with Crippen molar-refractivity contribution in [3.05, 3.63) is 60.7 Å². The first-order valence-electron chi connectivity index (χ1n) is 13.0. The predicted molar refractivity (Wildman–Crippen MR) is 174 cm³/mol. The molecule has 264 valence electrons. The van der Waals surface area contributed by atoms with Crippen molar-refractivity contribution in [3.8, 4) is 6.19 Å². The van der Waals surface area contributed by atoms with Crippen molar-refractivity contribution in [3.63, 3.8) is 0 Å². The third-order valence-corrected chi connectivity index (χ3v) is 9.69. The zero-order valence-corrected chi connectivity index (χ0v) is 27.9. The van der Waals surface area contributed by atoms with Crippen LogP contribution in [0.4, 0.5) is 46.3 Å². The zero-order valence-electron chi connectivity index (χ0n) is 24.6. The van der Waals surface area contributed by atoms with Gasteiger partial charge in [0.25, 0.3) is 20.2 Å². The van der Waals surface area contributed by atoms with Crippen molar-refractivity contribution in [2.24, 2.45) is 10.2 Å². The highest BCUT2D eigenvalue weighted by atomic mass is 32.2. The van der Waals surface area contributed by atoms with Gasteiger partial charge >= 0.3 is 0 Å². The molecule has 0 bridgehead atoms. The van der Waals surface area contributed by atoms with Crippen LogP contribution < -0.4 is 21.7 Å². The topological polar surface area (TPSA) is 340 Å². The van der Waals surface area contributed by atoms with Crippen LogP contribution in [-0.4, -0.2) is 66.9 Å². The number of aromatic nitrogens is 3. The van der Waals surface area contributed by atoms with Gasteiger partial charge in [0.15, 0.2) is 28.4 Å². The summed E-state index contributed by atoms with van der Waals surface area (Å²) >= 11 is 0.219. The highest BCUT2D eigenvalue weighted by molar-refractivity contribution is 7.91. The van der Waals surface area contributed by atoms with E-state index < -0.39 is 51.3 Å². The molecule has 26 heteroatoms. The maximum atomic E-state index is 12.5. The fourth-order valence-electron chi connectivity index (χ4n) is 3.73. The number of nitrogens with two attached hydrogens (primary N) is 1. The molecule has 8 N–H and O–H groups in total. The molecule has 22 nitrogen and oxygen atoms in total. The molecule has 0 aliphatic heterocycles. The molecule has 0 spiro atoms. The van der Waals surface area contributed by atoms with E-state index in [0.717, 1.165) is 24.3 Å². The summed E-state index contributed by atoms with van der Waals surface area (Å²) in [7, 11) is -13.2. The monoisotopic (exact) mass is 770 g/mol. The van der Waals surface area contributed by atoms with Crippen LogP contribution in [-0.2, 0) is 43.6 Å². The third kappa shape index (κ3) is 10.5. The molecule has 0 aliphatic rings. The summed E-state index contributed by atoms with van der Waals surface area (Å²) in [6.07, 6.45) is 1.63. The van der Waals surface area contributed by atoms with Crippen molar-refractivity contribution in [1.82, 2.24) is 15.0 Å². The van der Waals surface area contributed by atoms with E-state index in [1.807, 2.05) is 0 Å².